The first kappa shape index (κ1) is 13.4. The second kappa shape index (κ2) is 6.78. The highest BCUT2D eigenvalue weighted by atomic mass is 19.1. The van der Waals surface area contributed by atoms with Crippen LogP contribution in [0.25, 0.3) is 0 Å². The van der Waals surface area contributed by atoms with E-state index < -0.39 is 5.82 Å². The third-order valence-corrected chi connectivity index (χ3v) is 1.66. The zero-order valence-corrected chi connectivity index (χ0v) is 9.01. The fourth-order valence-corrected chi connectivity index (χ4v) is 1.05. The molecule has 0 bridgehead atoms. The molecule has 1 rings (SSSR count). The van der Waals surface area contributed by atoms with Gasteiger partial charge in [0.15, 0.2) is 0 Å². The standard InChI is InChI=1S/C11H9FO.C2H5/c1-3-9-4-5-10(6-8(2)13)11(12)7-9;1-2/h1,4-5,7H,6H2,2H3;1H2,2H3. The number of rotatable bonds is 2. The molecule has 0 aliphatic rings. The van der Waals surface area contributed by atoms with Gasteiger partial charge in [0.1, 0.15) is 11.6 Å². The van der Waals surface area contributed by atoms with Gasteiger partial charge in [0, 0.05) is 12.0 Å². The Morgan fingerprint density at radius 3 is 2.53 bits per heavy atom. The maximum Gasteiger partial charge on any atom is 0.134 e. The molecule has 0 aromatic heterocycles. The van der Waals surface area contributed by atoms with E-state index in [0.717, 1.165) is 0 Å². The van der Waals surface area contributed by atoms with Crippen molar-refractivity contribution in [2.24, 2.45) is 0 Å². The summed E-state index contributed by atoms with van der Waals surface area (Å²) in [4.78, 5) is 10.7. The zero-order valence-electron chi connectivity index (χ0n) is 9.01. The number of carbonyl (C=O) groups is 1. The Morgan fingerprint density at radius 2 is 2.13 bits per heavy atom. The highest BCUT2D eigenvalue weighted by Gasteiger charge is 2.04. The van der Waals surface area contributed by atoms with E-state index in [1.807, 2.05) is 0 Å². The van der Waals surface area contributed by atoms with Gasteiger partial charge in [-0.1, -0.05) is 25.8 Å². The van der Waals surface area contributed by atoms with Gasteiger partial charge in [0.2, 0.25) is 0 Å². The van der Waals surface area contributed by atoms with Crippen molar-refractivity contribution in [3.05, 3.63) is 42.1 Å². The summed E-state index contributed by atoms with van der Waals surface area (Å²) in [7, 11) is 0. The molecule has 0 aliphatic carbocycles. The van der Waals surface area contributed by atoms with Crippen LogP contribution in [0, 0.1) is 25.1 Å². The Morgan fingerprint density at radius 1 is 1.53 bits per heavy atom. The first-order valence-corrected chi connectivity index (χ1v) is 4.58. The van der Waals surface area contributed by atoms with Crippen molar-refractivity contribution >= 4 is 5.78 Å². The van der Waals surface area contributed by atoms with Crippen LogP contribution in [0.4, 0.5) is 4.39 Å². The number of benzene rings is 1. The van der Waals surface area contributed by atoms with E-state index in [9.17, 15) is 9.18 Å². The second-order valence-corrected chi connectivity index (χ2v) is 2.83. The molecule has 2 heteroatoms. The number of halogens is 1. The maximum absolute atomic E-state index is 13.1. The molecule has 1 radical (unpaired) electrons. The van der Waals surface area contributed by atoms with Crippen molar-refractivity contribution in [2.45, 2.75) is 20.3 Å². The third kappa shape index (κ3) is 4.42. The molecule has 0 atom stereocenters. The van der Waals surface area contributed by atoms with E-state index in [4.69, 9.17) is 6.42 Å². The third-order valence-electron chi connectivity index (χ3n) is 1.66. The van der Waals surface area contributed by atoms with Gasteiger partial charge in [-0.25, -0.2) is 4.39 Å². The Kier molecular flexibility index (Phi) is 6.05. The quantitative estimate of drug-likeness (QED) is 0.678. The Bertz CT molecular complexity index is 375. The van der Waals surface area contributed by atoms with Gasteiger partial charge < -0.3 is 0 Å². The summed E-state index contributed by atoms with van der Waals surface area (Å²) in [5, 5.41) is 0. The van der Waals surface area contributed by atoms with Crippen molar-refractivity contribution in [1.29, 1.82) is 0 Å². The average molecular weight is 205 g/mol. The summed E-state index contributed by atoms with van der Waals surface area (Å²) in [5.41, 5.74) is 0.885. The fourth-order valence-electron chi connectivity index (χ4n) is 1.05. The zero-order chi connectivity index (χ0) is 11.8. The Labute approximate surface area is 90.3 Å². The average Bonchev–Trinajstić information content (AvgIpc) is 2.23. The molecule has 0 fully saturated rings. The molecule has 0 N–H and O–H groups in total. The number of hydrogen-bond donors (Lipinski definition) is 0. The lowest BCUT2D eigenvalue weighted by atomic mass is 10.1. The molecule has 0 aliphatic heterocycles. The molecular formula is C13H14FO. The minimum atomic E-state index is -0.411. The summed E-state index contributed by atoms with van der Waals surface area (Å²) in [6.45, 7) is 6.43. The molecule has 0 unspecified atom stereocenters. The van der Waals surface area contributed by atoms with E-state index in [1.54, 1.807) is 19.1 Å². The minimum absolute atomic E-state index is 0.0626. The summed E-state index contributed by atoms with van der Waals surface area (Å²) in [6, 6.07) is 4.44. The number of ketones is 1. The van der Waals surface area contributed by atoms with Crippen molar-refractivity contribution < 1.29 is 9.18 Å². The molecule has 15 heavy (non-hydrogen) atoms. The Hall–Kier alpha value is -1.62. The fraction of sp³-hybridized carbons (Fsp3) is 0.231. The minimum Gasteiger partial charge on any atom is -0.300 e. The SMILES string of the molecule is C#Cc1ccc(CC(C)=O)c(F)c1.[CH2]C. The maximum atomic E-state index is 13.1. The Balaban J connectivity index is 0.000000921. The predicted molar refractivity (Wildman–Crippen MR) is 59.8 cm³/mol. The van der Waals surface area contributed by atoms with E-state index in [-0.39, 0.29) is 12.2 Å². The van der Waals surface area contributed by atoms with Crippen molar-refractivity contribution in [3.8, 4) is 12.3 Å². The van der Waals surface area contributed by atoms with Gasteiger partial charge in [-0.05, 0) is 24.6 Å². The first-order valence-electron chi connectivity index (χ1n) is 4.58. The predicted octanol–water partition coefficient (Wildman–Crippen LogP) is 2.78. The molecule has 0 spiro atoms. The van der Waals surface area contributed by atoms with Gasteiger partial charge in [-0.3, -0.25) is 4.79 Å². The van der Waals surface area contributed by atoms with Crippen molar-refractivity contribution in [3.63, 3.8) is 0 Å². The molecule has 1 aromatic rings. The van der Waals surface area contributed by atoms with E-state index in [1.165, 1.54) is 13.0 Å². The monoisotopic (exact) mass is 205 g/mol. The van der Waals surface area contributed by atoms with E-state index in [2.05, 4.69) is 12.8 Å². The van der Waals surface area contributed by atoms with Crippen LogP contribution in [0.5, 0.6) is 0 Å². The lowest BCUT2D eigenvalue weighted by Gasteiger charge is -2.00. The molecule has 1 nitrogen and oxygen atoms in total. The van der Waals surface area contributed by atoms with Gasteiger partial charge >= 0.3 is 0 Å². The van der Waals surface area contributed by atoms with Crippen LogP contribution in [0.1, 0.15) is 25.0 Å². The molecule has 0 saturated carbocycles. The highest BCUT2D eigenvalue weighted by molar-refractivity contribution is 5.78. The van der Waals surface area contributed by atoms with Gasteiger partial charge in [0.05, 0.1) is 0 Å². The number of Topliss-reactive ketones (excluding diaryl/α,β-unsaturated/α-hetero) is 1. The topological polar surface area (TPSA) is 17.1 Å². The van der Waals surface area contributed by atoms with Crippen molar-refractivity contribution in [2.75, 3.05) is 0 Å². The van der Waals surface area contributed by atoms with Crippen LogP contribution >= 0.6 is 0 Å². The summed E-state index contributed by atoms with van der Waals surface area (Å²) in [5.74, 6) is 1.85. The van der Waals surface area contributed by atoms with Crippen LogP contribution in [0.3, 0.4) is 0 Å². The van der Waals surface area contributed by atoms with Crippen LogP contribution < -0.4 is 0 Å². The molecule has 79 valence electrons. The first-order chi connectivity index (χ1) is 7.13. The van der Waals surface area contributed by atoms with Gasteiger partial charge in [-0.15, -0.1) is 6.42 Å². The van der Waals surface area contributed by atoms with Gasteiger partial charge in [0.25, 0.3) is 0 Å². The smallest absolute Gasteiger partial charge is 0.134 e. The van der Waals surface area contributed by atoms with E-state index in [0.29, 0.717) is 11.1 Å². The number of hydrogen-bond acceptors (Lipinski definition) is 1. The number of terminal acetylenes is 1. The van der Waals surface area contributed by atoms with Gasteiger partial charge in [-0.2, -0.15) is 0 Å². The molecular weight excluding hydrogens is 191 g/mol. The second-order valence-electron chi connectivity index (χ2n) is 2.83. The van der Waals surface area contributed by atoms with Crippen LogP contribution in [-0.2, 0) is 11.2 Å². The van der Waals surface area contributed by atoms with Crippen LogP contribution in [0.15, 0.2) is 18.2 Å². The molecule has 0 amide bonds. The summed E-state index contributed by atoms with van der Waals surface area (Å²) < 4.78 is 13.1. The molecule has 0 saturated heterocycles. The largest absolute Gasteiger partial charge is 0.300 e. The lowest BCUT2D eigenvalue weighted by Crippen LogP contribution is -1.99. The van der Waals surface area contributed by atoms with E-state index >= 15 is 0 Å². The molecule has 1 aromatic carbocycles. The van der Waals surface area contributed by atoms with Crippen LogP contribution in [0.2, 0.25) is 0 Å². The number of carbonyl (C=O) groups excluding carboxylic acids is 1. The normalized spacial score (nSPS) is 8.47. The van der Waals surface area contributed by atoms with Crippen molar-refractivity contribution in [1.82, 2.24) is 0 Å². The summed E-state index contributed by atoms with van der Waals surface area (Å²) in [6.07, 6.45) is 5.21. The highest BCUT2D eigenvalue weighted by Crippen LogP contribution is 2.10. The lowest BCUT2D eigenvalue weighted by molar-refractivity contribution is -0.116. The van der Waals surface area contributed by atoms with Crippen LogP contribution in [-0.4, -0.2) is 5.78 Å². The summed E-state index contributed by atoms with van der Waals surface area (Å²) >= 11 is 0. The molecule has 0 heterocycles.